The number of rotatable bonds is 5. The average molecular weight is 304 g/mol. The number of benzene rings is 2. The van der Waals surface area contributed by atoms with E-state index in [9.17, 15) is 8.42 Å². The molecule has 5 nitrogen and oxygen atoms in total. The van der Waals surface area contributed by atoms with Crippen LogP contribution in [-0.4, -0.2) is 15.5 Å². The summed E-state index contributed by atoms with van der Waals surface area (Å²) in [6.45, 7) is 0. The van der Waals surface area contributed by atoms with Crippen LogP contribution >= 0.6 is 0 Å². The molecular formula is C15H16N2O3S. The Labute approximate surface area is 124 Å². The highest BCUT2D eigenvalue weighted by atomic mass is 32.2. The average Bonchev–Trinajstić information content (AvgIpc) is 2.46. The Morgan fingerprint density at radius 1 is 1.14 bits per heavy atom. The Kier molecular flexibility index (Phi) is 4.49. The summed E-state index contributed by atoms with van der Waals surface area (Å²) in [5.74, 6) is 0.498. The molecular weight excluding hydrogens is 288 g/mol. The summed E-state index contributed by atoms with van der Waals surface area (Å²) in [5, 5.41) is 1.11. The summed E-state index contributed by atoms with van der Waals surface area (Å²) in [4.78, 5) is 0. The Balaban J connectivity index is 2.14. The molecule has 2 aromatic rings. The monoisotopic (exact) mass is 304 g/mol. The van der Waals surface area contributed by atoms with Gasteiger partial charge in [0.15, 0.2) is 0 Å². The van der Waals surface area contributed by atoms with Gasteiger partial charge in [0.2, 0.25) is 0 Å². The van der Waals surface area contributed by atoms with Gasteiger partial charge in [-0.05, 0) is 29.8 Å². The molecule has 0 fully saturated rings. The van der Waals surface area contributed by atoms with Gasteiger partial charge in [-0.25, -0.2) is 8.42 Å². The third-order valence-corrected chi connectivity index (χ3v) is 3.74. The predicted molar refractivity (Wildman–Crippen MR) is 85.4 cm³/mol. The number of anilines is 2. The zero-order chi connectivity index (χ0) is 15.3. The summed E-state index contributed by atoms with van der Waals surface area (Å²) < 4.78 is 31.4. The van der Waals surface area contributed by atoms with Crippen molar-refractivity contribution < 1.29 is 13.2 Å². The molecule has 0 aromatic heterocycles. The third kappa shape index (κ3) is 4.25. The lowest BCUT2D eigenvalue weighted by atomic mass is 10.2. The van der Waals surface area contributed by atoms with Crippen molar-refractivity contribution in [3.63, 3.8) is 0 Å². The van der Waals surface area contributed by atoms with Gasteiger partial charge in [-0.1, -0.05) is 30.3 Å². The van der Waals surface area contributed by atoms with Gasteiger partial charge in [-0.15, -0.1) is 0 Å². The lowest BCUT2D eigenvalue weighted by molar-refractivity contribution is 0.417. The SMILES string of the molecule is COc1ccc(NS(=O)(=O)C=Cc2ccccc2)cc1N. The summed E-state index contributed by atoms with van der Waals surface area (Å²) in [6, 6.07) is 13.9. The van der Waals surface area contributed by atoms with Crippen LogP contribution in [0.15, 0.2) is 53.9 Å². The zero-order valence-electron chi connectivity index (χ0n) is 11.5. The lowest BCUT2D eigenvalue weighted by Gasteiger charge is -2.08. The maximum Gasteiger partial charge on any atom is 0.255 e. The van der Waals surface area contributed by atoms with Gasteiger partial charge >= 0.3 is 0 Å². The number of ether oxygens (including phenoxy) is 1. The smallest absolute Gasteiger partial charge is 0.255 e. The molecule has 0 saturated carbocycles. The van der Waals surface area contributed by atoms with E-state index in [4.69, 9.17) is 10.5 Å². The van der Waals surface area contributed by atoms with Gasteiger partial charge in [0.25, 0.3) is 10.0 Å². The molecule has 21 heavy (non-hydrogen) atoms. The first kappa shape index (κ1) is 14.9. The van der Waals surface area contributed by atoms with Gasteiger partial charge in [-0.3, -0.25) is 4.72 Å². The number of methoxy groups -OCH3 is 1. The fourth-order valence-corrected chi connectivity index (χ4v) is 2.59. The minimum atomic E-state index is -3.60. The van der Waals surface area contributed by atoms with Gasteiger partial charge in [0, 0.05) is 0 Å². The molecule has 0 bridgehead atoms. The van der Waals surface area contributed by atoms with Crippen molar-refractivity contribution in [2.75, 3.05) is 17.6 Å². The number of hydrogen-bond donors (Lipinski definition) is 2. The first-order valence-corrected chi connectivity index (χ1v) is 7.74. The Morgan fingerprint density at radius 3 is 2.48 bits per heavy atom. The van der Waals surface area contributed by atoms with Gasteiger partial charge in [-0.2, -0.15) is 0 Å². The molecule has 0 aliphatic carbocycles. The van der Waals surface area contributed by atoms with Crippen LogP contribution < -0.4 is 15.2 Å². The van der Waals surface area contributed by atoms with Crippen molar-refractivity contribution in [2.45, 2.75) is 0 Å². The van der Waals surface area contributed by atoms with E-state index in [1.54, 1.807) is 12.1 Å². The topological polar surface area (TPSA) is 81.4 Å². The van der Waals surface area contributed by atoms with Crippen molar-refractivity contribution in [3.05, 3.63) is 59.5 Å². The first-order valence-electron chi connectivity index (χ1n) is 6.19. The highest BCUT2D eigenvalue weighted by molar-refractivity contribution is 7.95. The van der Waals surface area contributed by atoms with E-state index in [2.05, 4.69) is 4.72 Å². The highest BCUT2D eigenvalue weighted by Crippen LogP contribution is 2.25. The Hall–Kier alpha value is -2.47. The fraction of sp³-hybridized carbons (Fsp3) is 0.0667. The summed E-state index contributed by atoms with van der Waals surface area (Å²) in [7, 11) is -2.10. The van der Waals surface area contributed by atoms with E-state index in [-0.39, 0.29) is 0 Å². The van der Waals surface area contributed by atoms with Crippen LogP contribution in [0.4, 0.5) is 11.4 Å². The van der Waals surface area contributed by atoms with Gasteiger partial charge in [0.1, 0.15) is 5.75 Å². The second-order valence-corrected chi connectivity index (χ2v) is 5.88. The van der Waals surface area contributed by atoms with Gasteiger partial charge in [0.05, 0.1) is 23.9 Å². The molecule has 2 aromatic carbocycles. The molecule has 2 rings (SSSR count). The standard InChI is InChI=1S/C15H16N2O3S/c1-20-15-8-7-13(11-14(15)16)17-21(18,19)10-9-12-5-3-2-4-6-12/h2-11,17H,16H2,1H3. The quantitative estimate of drug-likeness (QED) is 0.832. The fourth-order valence-electron chi connectivity index (χ4n) is 1.73. The predicted octanol–water partition coefficient (Wildman–Crippen LogP) is 2.69. The molecule has 0 aliphatic rings. The van der Waals surface area contributed by atoms with E-state index in [1.165, 1.54) is 19.3 Å². The van der Waals surface area contributed by atoms with E-state index in [0.717, 1.165) is 11.0 Å². The normalized spacial score (nSPS) is 11.5. The third-order valence-electron chi connectivity index (χ3n) is 2.73. The van der Waals surface area contributed by atoms with Crippen LogP contribution in [0.2, 0.25) is 0 Å². The molecule has 0 heterocycles. The minimum absolute atomic E-state index is 0.365. The summed E-state index contributed by atoms with van der Waals surface area (Å²) >= 11 is 0. The van der Waals surface area contributed by atoms with E-state index in [1.807, 2.05) is 30.3 Å². The lowest BCUT2D eigenvalue weighted by Crippen LogP contribution is -2.09. The van der Waals surface area contributed by atoms with Crippen LogP contribution in [0.25, 0.3) is 6.08 Å². The number of nitrogens with one attached hydrogen (secondary N) is 1. The molecule has 110 valence electrons. The number of sulfonamides is 1. The van der Waals surface area contributed by atoms with Crippen molar-refractivity contribution in [3.8, 4) is 5.75 Å². The van der Waals surface area contributed by atoms with E-state index < -0.39 is 10.0 Å². The summed E-state index contributed by atoms with van der Waals surface area (Å²) in [6.07, 6.45) is 1.52. The molecule has 6 heteroatoms. The van der Waals surface area contributed by atoms with Crippen LogP contribution in [0, 0.1) is 0 Å². The maximum atomic E-state index is 12.0. The molecule has 0 unspecified atom stereocenters. The molecule has 0 amide bonds. The Bertz CT molecular complexity index is 741. The second-order valence-electron chi connectivity index (χ2n) is 4.32. The largest absolute Gasteiger partial charge is 0.495 e. The van der Waals surface area contributed by atoms with Gasteiger partial charge < -0.3 is 10.5 Å². The molecule has 0 atom stereocenters. The number of nitrogen functional groups attached to an aromatic ring is 1. The minimum Gasteiger partial charge on any atom is -0.495 e. The van der Waals surface area contributed by atoms with Crippen molar-refractivity contribution >= 4 is 27.5 Å². The molecule has 0 radical (unpaired) electrons. The number of hydrogen-bond acceptors (Lipinski definition) is 4. The van der Waals surface area contributed by atoms with E-state index in [0.29, 0.717) is 17.1 Å². The first-order chi connectivity index (χ1) is 10.00. The van der Waals surface area contributed by atoms with E-state index >= 15 is 0 Å². The molecule has 0 spiro atoms. The second kappa shape index (κ2) is 6.32. The van der Waals surface area contributed by atoms with Crippen molar-refractivity contribution in [1.82, 2.24) is 0 Å². The highest BCUT2D eigenvalue weighted by Gasteiger charge is 2.07. The summed E-state index contributed by atoms with van der Waals surface area (Å²) in [5.41, 5.74) is 7.29. The van der Waals surface area contributed by atoms with Crippen molar-refractivity contribution in [1.29, 1.82) is 0 Å². The van der Waals surface area contributed by atoms with Crippen molar-refractivity contribution in [2.24, 2.45) is 0 Å². The molecule has 0 saturated heterocycles. The molecule has 0 aliphatic heterocycles. The maximum absolute atomic E-state index is 12.0. The zero-order valence-corrected chi connectivity index (χ0v) is 12.3. The van der Waals surface area contributed by atoms with Crippen LogP contribution in [0.5, 0.6) is 5.75 Å². The number of nitrogens with two attached hydrogens (primary N) is 1. The van der Waals surface area contributed by atoms with Crippen LogP contribution in [0.1, 0.15) is 5.56 Å². The van der Waals surface area contributed by atoms with Crippen LogP contribution in [0.3, 0.4) is 0 Å². The Morgan fingerprint density at radius 2 is 1.86 bits per heavy atom. The van der Waals surface area contributed by atoms with Crippen LogP contribution in [-0.2, 0) is 10.0 Å². The molecule has 3 N–H and O–H groups in total.